The van der Waals surface area contributed by atoms with E-state index in [1.807, 2.05) is 13.1 Å². The molecule has 0 bridgehead atoms. The van der Waals surface area contributed by atoms with E-state index in [0.29, 0.717) is 18.1 Å². The molecule has 0 aromatic heterocycles. The number of hydrogen-bond acceptors (Lipinski definition) is 2. The maximum Gasteiger partial charge on any atom is 0.0746 e. The molecular weight excluding hydrogens is 174 g/mol. The zero-order chi connectivity index (χ0) is 11.0. The van der Waals surface area contributed by atoms with E-state index in [9.17, 15) is 0 Å². The molecule has 0 amide bonds. The van der Waals surface area contributed by atoms with E-state index in [2.05, 4.69) is 25.7 Å². The number of methoxy groups -OCH3 is 1. The van der Waals surface area contributed by atoms with Crippen LogP contribution in [0.4, 0.5) is 0 Å². The Morgan fingerprint density at radius 3 is 2.43 bits per heavy atom. The molecule has 0 aliphatic rings. The Morgan fingerprint density at radius 2 is 2.07 bits per heavy atom. The highest BCUT2D eigenvalue weighted by Gasteiger charge is 2.21. The second-order valence-electron chi connectivity index (χ2n) is 4.06. The van der Waals surface area contributed by atoms with Gasteiger partial charge in [-0.3, -0.25) is 0 Å². The lowest BCUT2D eigenvalue weighted by Crippen LogP contribution is -2.41. The zero-order valence-electron chi connectivity index (χ0n) is 10.0. The summed E-state index contributed by atoms with van der Waals surface area (Å²) in [6.07, 6.45) is 5.71. The van der Waals surface area contributed by atoms with Crippen LogP contribution in [0.5, 0.6) is 0 Å². The summed E-state index contributed by atoms with van der Waals surface area (Å²) in [5.41, 5.74) is 0. The Labute approximate surface area is 88.7 Å². The summed E-state index contributed by atoms with van der Waals surface area (Å²) in [6.45, 7) is 8.13. The molecule has 2 heteroatoms. The van der Waals surface area contributed by atoms with E-state index in [0.717, 1.165) is 12.8 Å². The third-order valence-corrected chi connectivity index (χ3v) is 2.62. The molecule has 0 spiro atoms. The molecule has 84 valence electrons. The largest absolute Gasteiger partial charge is 0.380 e. The molecule has 2 nitrogen and oxygen atoms in total. The van der Waals surface area contributed by atoms with Gasteiger partial charge in [-0.15, -0.1) is 6.58 Å². The van der Waals surface area contributed by atoms with E-state index in [1.165, 1.54) is 6.42 Å². The van der Waals surface area contributed by atoms with Gasteiger partial charge in [-0.05, 0) is 32.2 Å². The molecule has 14 heavy (non-hydrogen) atoms. The summed E-state index contributed by atoms with van der Waals surface area (Å²) < 4.78 is 5.51. The Kier molecular flexibility index (Phi) is 7.81. The van der Waals surface area contributed by atoms with E-state index in [1.54, 1.807) is 7.11 Å². The predicted octanol–water partition coefficient (Wildman–Crippen LogP) is 2.60. The fourth-order valence-corrected chi connectivity index (χ4v) is 1.86. The lowest BCUT2D eigenvalue weighted by atomic mass is 9.95. The molecule has 1 N–H and O–H groups in total. The molecule has 0 aromatic carbocycles. The van der Waals surface area contributed by atoms with Crippen LogP contribution in [0.1, 0.15) is 33.1 Å². The van der Waals surface area contributed by atoms with Crippen LogP contribution in [0.25, 0.3) is 0 Å². The molecule has 0 saturated heterocycles. The molecule has 0 rings (SSSR count). The lowest BCUT2D eigenvalue weighted by molar-refractivity contribution is 0.0324. The second-order valence-corrected chi connectivity index (χ2v) is 4.06. The molecule has 0 aliphatic heterocycles. The van der Waals surface area contributed by atoms with Gasteiger partial charge in [0, 0.05) is 13.2 Å². The minimum atomic E-state index is 0.310. The molecular formula is C12H25NO. The van der Waals surface area contributed by atoms with Crippen molar-refractivity contribution >= 4 is 0 Å². The highest BCUT2D eigenvalue weighted by molar-refractivity contribution is 4.79. The average molecular weight is 199 g/mol. The van der Waals surface area contributed by atoms with Gasteiger partial charge in [-0.1, -0.05) is 19.9 Å². The number of allylic oxidation sites excluding steroid dienone is 1. The molecule has 0 aliphatic carbocycles. The first kappa shape index (κ1) is 13.7. The number of hydrogen-bond donors (Lipinski definition) is 1. The van der Waals surface area contributed by atoms with Crippen LogP contribution in [0, 0.1) is 5.92 Å². The van der Waals surface area contributed by atoms with Crippen molar-refractivity contribution in [2.24, 2.45) is 5.92 Å². The summed E-state index contributed by atoms with van der Waals surface area (Å²) in [5, 5.41) is 3.33. The minimum absolute atomic E-state index is 0.310. The van der Waals surface area contributed by atoms with Crippen LogP contribution in [0.15, 0.2) is 12.7 Å². The van der Waals surface area contributed by atoms with E-state index >= 15 is 0 Å². The summed E-state index contributed by atoms with van der Waals surface area (Å²) in [4.78, 5) is 0. The highest BCUT2D eigenvalue weighted by atomic mass is 16.5. The van der Waals surface area contributed by atoms with Crippen LogP contribution in [-0.4, -0.2) is 26.3 Å². The first-order chi connectivity index (χ1) is 6.67. The lowest BCUT2D eigenvalue weighted by Gasteiger charge is -2.28. The number of unbranched alkanes of at least 4 members (excludes halogenated alkanes) is 1. The number of ether oxygens (including phenoxy) is 1. The van der Waals surface area contributed by atoms with Crippen LogP contribution in [0.3, 0.4) is 0 Å². The third-order valence-electron chi connectivity index (χ3n) is 2.62. The summed E-state index contributed by atoms with van der Waals surface area (Å²) in [6, 6.07) is 0.458. The molecule has 0 saturated carbocycles. The van der Waals surface area contributed by atoms with Crippen LogP contribution >= 0.6 is 0 Å². The van der Waals surface area contributed by atoms with Gasteiger partial charge in [0.25, 0.3) is 0 Å². The first-order valence-corrected chi connectivity index (χ1v) is 5.48. The summed E-state index contributed by atoms with van der Waals surface area (Å²) >= 11 is 0. The maximum absolute atomic E-state index is 5.51. The van der Waals surface area contributed by atoms with Gasteiger partial charge >= 0.3 is 0 Å². The maximum atomic E-state index is 5.51. The molecule has 0 fully saturated rings. The van der Waals surface area contributed by atoms with Gasteiger partial charge in [0.05, 0.1) is 6.10 Å². The van der Waals surface area contributed by atoms with Crippen molar-refractivity contribution in [2.45, 2.75) is 45.3 Å². The molecule has 2 atom stereocenters. The summed E-state index contributed by atoms with van der Waals surface area (Å²) in [5.74, 6) is 0.557. The van der Waals surface area contributed by atoms with Crippen molar-refractivity contribution in [1.82, 2.24) is 5.32 Å². The highest BCUT2D eigenvalue weighted by Crippen LogP contribution is 2.15. The van der Waals surface area contributed by atoms with Gasteiger partial charge in [0.1, 0.15) is 0 Å². The second kappa shape index (κ2) is 8.01. The first-order valence-electron chi connectivity index (χ1n) is 5.48. The average Bonchev–Trinajstić information content (AvgIpc) is 2.16. The monoisotopic (exact) mass is 199 g/mol. The van der Waals surface area contributed by atoms with Crippen molar-refractivity contribution in [2.75, 3.05) is 14.2 Å². The van der Waals surface area contributed by atoms with Crippen molar-refractivity contribution in [3.05, 3.63) is 12.7 Å². The zero-order valence-corrected chi connectivity index (χ0v) is 10.0. The van der Waals surface area contributed by atoms with Gasteiger partial charge in [-0.2, -0.15) is 0 Å². The van der Waals surface area contributed by atoms with E-state index < -0.39 is 0 Å². The van der Waals surface area contributed by atoms with Gasteiger partial charge in [-0.25, -0.2) is 0 Å². The smallest absolute Gasteiger partial charge is 0.0746 e. The van der Waals surface area contributed by atoms with Crippen LogP contribution in [-0.2, 0) is 4.74 Å². The van der Waals surface area contributed by atoms with Gasteiger partial charge in [0.2, 0.25) is 0 Å². The Hall–Kier alpha value is -0.340. The SMILES string of the molecule is C=CCCCC(NC)C(OC)C(C)C. The van der Waals surface area contributed by atoms with Crippen molar-refractivity contribution in [3.63, 3.8) is 0 Å². The van der Waals surface area contributed by atoms with E-state index in [4.69, 9.17) is 4.74 Å². The number of likely N-dealkylation sites (N-methyl/N-ethyl adjacent to an activating group) is 1. The standard InChI is InChI=1S/C12H25NO/c1-6-7-8-9-11(13-4)12(14-5)10(2)3/h6,10-13H,1,7-9H2,2-5H3. The third kappa shape index (κ3) is 4.77. The summed E-state index contributed by atoms with van der Waals surface area (Å²) in [7, 11) is 3.80. The van der Waals surface area contributed by atoms with E-state index in [-0.39, 0.29) is 0 Å². The topological polar surface area (TPSA) is 21.3 Å². The quantitative estimate of drug-likeness (QED) is 0.479. The fourth-order valence-electron chi connectivity index (χ4n) is 1.86. The van der Waals surface area contributed by atoms with Crippen molar-refractivity contribution in [1.29, 1.82) is 0 Å². The van der Waals surface area contributed by atoms with Crippen LogP contribution < -0.4 is 5.32 Å². The Morgan fingerprint density at radius 1 is 1.43 bits per heavy atom. The predicted molar refractivity (Wildman–Crippen MR) is 62.5 cm³/mol. The van der Waals surface area contributed by atoms with Crippen LogP contribution in [0.2, 0.25) is 0 Å². The normalized spacial score (nSPS) is 15.5. The molecule has 0 aromatic rings. The van der Waals surface area contributed by atoms with Gasteiger partial charge in [0.15, 0.2) is 0 Å². The van der Waals surface area contributed by atoms with Crippen molar-refractivity contribution < 1.29 is 4.74 Å². The molecule has 0 heterocycles. The molecule has 0 radical (unpaired) electrons. The number of nitrogens with one attached hydrogen (secondary N) is 1. The van der Waals surface area contributed by atoms with Gasteiger partial charge < -0.3 is 10.1 Å². The Balaban J connectivity index is 4.00. The Bertz CT molecular complexity index is 145. The fraction of sp³-hybridized carbons (Fsp3) is 0.833. The van der Waals surface area contributed by atoms with Crippen molar-refractivity contribution in [3.8, 4) is 0 Å². The minimum Gasteiger partial charge on any atom is -0.380 e. The number of rotatable bonds is 8. The molecule has 2 unspecified atom stereocenters.